The molecule has 0 amide bonds. The summed E-state index contributed by atoms with van der Waals surface area (Å²) in [4.78, 5) is 4.04. The molecule has 0 saturated heterocycles. The zero-order valence-electron chi connectivity index (χ0n) is 11.0. The van der Waals surface area contributed by atoms with Gasteiger partial charge in [0.25, 0.3) is 0 Å². The van der Waals surface area contributed by atoms with Crippen molar-refractivity contribution in [1.82, 2.24) is 10.3 Å². The van der Waals surface area contributed by atoms with E-state index in [-0.39, 0.29) is 0 Å². The van der Waals surface area contributed by atoms with Gasteiger partial charge in [0.05, 0.1) is 6.26 Å². The minimum Gasteiger partial charge on any atom is -0.469 e. The van der Waals surface area contributed by atoms with Crippen LogP contribution in [0.15, 0.2) is 47.3 Å². The first kappa shape index (κ1) is 12.8. The van der Waals surface area contributed by atoms with Crippen molar-refractivity contribution in [2.24, 2.45) is 0 Å². The minimum absolute atomic E-state index is 0.347. The van der Waals surface area contributed by atoms with Gasteiger partial charge in [0, 0.05) is 30.9 Å². The number of nitrogens with one attached hydrogen (secondary N) is 1. The monoisotopic (exact) mass is 244 g/mol. The Morgan fingerprint density at radius 1 is 1.22 bits per heavy atom. The Bertz CT molecular complexity index is 439. The lowest BCUT2D eigenvalue weighted by Gasteiger charge is -2.19. The number of rotatable bonds is 6. The summed E-state index contributed by atoms with van der Waals surface area (Å²) >= 11 is 0. The van der Waals surface area contributed by atoms with Crippen molar-refractivity contribution in [2.45, 2.75) is 38.8 Å². The molecule has 96 valence electrons. The van der Waals surface area contributed by atoms with E-state index in [0.29, 0.717) is 12.1 Å². The Labute approximate surface area is 108 Å². The van der Waals surface area contributed by atoms with Gasteiger partial charge in [-0.1, -0.05) is 0 Å². The van der Waals surface area contributed by atoms with Gasteiger partial charge >= 0.3 is 0 Å². The Hall–Kier alpha value is -1.61. The van der Waals surface area contributed by atoms with Crippen LogP contribution in [0.4, 0.5) is 0 Å². The fourth-order valence-corrected chi connectivity index (χ4v) is 2.07. The molecule has 0 fully saturated rings. The number of hydrogen-bond acceptors (Lipinski definition) is 3. The molecule has 0 radical (unpaired) electrons. The Kier molecular flexibility index (Phi) is 4.53. The molecule has 2 heterocycles. The summed E-state index contributed by atoms with van der Waals surface area (Å²) in [5.74, 6) is 1.06. The van der Waals surface area contributed by atoms with Gasteiger partial charge in [0.2, 0.25) is 0 Å². The molecule has 0 spiro atoms. The van der Waals surface area contributed by atoms with E-state index in [0.717, 1.165) is 18.6 Å². The number of aryl methyl sites for hydroxylation is 1. The summed E-state index contributed by atoms with van der Waals surface area (Å²) in [6, 6.07) is 8.87. The van der Waals surface area contributed by atoms with E-state index >= 15 is 0 Å². The van der Waals surface area contributed by atoms with Crippen LogP contribution in [0.2, 0.25) is 0 Å². The number of nitrogens with zero attached hydrogens (tertiary/aromatic N) is 1. The van der Waals surface area contributed by atoms with E-state index in [9.17, 15) is 0 Å². The molecule has 3 heteroatoms. The third-order valence-electron chi connectivity index (χ3n) is 3.14. The van der Waals surface area contributed by atoms with Gasteiger partial charge in [-0.2, -0.15) is 0 Å². The highest BCUT2D eigenvalue weighted by molar-refractivity contribution is 5.14. The third-order valence-corrected chi connectivity index (χ3v) is 3.14. The molecule has 0 aliphatic carbocycles. The molecule has 3 nitrogen and oxygen atoms in total. The van der Waals surface area contributed by atoms with Crippen molar-refractivity contribution in [1.29, 1.82) is 0 Å². The SMILES string of the molecule is CC(CCc1ccco1)N[C@@H](C)c1ccncc1. The summed E-state index contributed by atoms with van der Waals surface area (Å²) in [5.41, 5.74) is 1.27. The fourth-order valence-electron chi connectivity index (χ4n) is 2.07. The molecule has 0 saturated carbocycles. The Balaban J connectivity index is 1.78. The van der Waals surface area contributed by atoms with E-state index in [1.165, 1.54) is 5.56 Å². The van der Waals surface area contributed by atoms with Crippen LogP contribution < -0.4 is 5.32 Å². The minimum atomic E-state index is 0.347. The number of pyridine rings is 1. The topological polar surface area (TPSA) is 38.1 Å². The van der Waals surface area contributed by atoms with Gasteiger partial charge < -0.3 is 9.73 Å². The molecule has 2 atom stereocenters. The molecule has 0 aliphatic rings. The van der Waals surface area contributed by atoms with Crippen LogP contribution in [-0.2, 0) is 6.42 Å². The van der Waals surface area contributed by atoms with Crippen molar-refractivity contribution in [3.8, 4) is 0 Å². The van der Waals surface area contributed by atoms with Gasteiger partial charge in [-0.15, -0.1) is 0 Å². The molecule has 1 unspecified atom stereocenters. The number of furan rings is 1. The highest BCUT2D eigenvalue weighted by Gasteiger charge is 2.09. The van der Waals surface area contributed by atoms with Crippen LogP contribution >= 0.6 is 0 Å². The third kappa shape index (κ3) is 3.70. The molecular weight excluding hydrogens is 224 g/mol. The maximum absolute atomic E-state index is 5.34. The van der Waals surface area contributed by atoms with Crippen molar-refractivity contribution in [3.05, 3.63) is 54.2 Å². The van der Waals surface area contributed by atoms with Crippen molar-refractivity contribution in [2.75, 3.05) is 0 Å². The maximum Gasteiger partial charge on any atom is 0.103 e. The zero-order chi connectivity index (χ0) is 12.8. The normalized spacial score (nSPS) is 14.3. The summed E-state index contributed by atoms with van der Waals surface area (Å²) in [6.07, 6.45) is 7.45. The van der Waals surface area contributed by atoms with Crippen LogP contribution in [0, 0.1) is 0 Å². The van der Waals surface area contributed by atoms with Gasteiger partial charge in [-0.05, 0) is 50.1 Å². The molecular formula is C15H20N2O. The number of aromatic nitrogens is 1. The molecule has 2 aromatic heterocycles. The second kappa shape index (κ2) is 6.36. The summed E-state index contributed by atoms with van der Waals surface area (Å²) < 4.78 is 5.34. The fraction of sp³-hybridized carbons (Fsp3) is 0.400. The molecule has 0 aromatic carbocycles. The van der Waals surface area contributed by atoms with E-state index in [4.69, 9.17) is 4.42 Å². The lowest BCUT2D eigenvalue weighted by molar-refractivity contribution is 0.430. The smallest absolute Gasteiger partial charge is 0.103 e. The number of hydrogen-bond donors (Lipinski definition) is 1. The predicted octanol–water partition coefficient (Wildman–Crippen LogP) is 3.35. The van der Waals surface area contributed by atoms with Gasteiger partial charge in [-0.3, -0.25) is 4.98 Å². The molecule has 2 aromatic rings. The van der Waals surface area contributed by atoms with E-state index in [1.807, 2.05) is 24.5 Å². The molecule has 18 heavy (non-hydrogen) atoms. The summed E-state index contributed by atoms with van der Waals surface area (Å²) in [6.45, 7) is 4.39. The lowest BCUT2D eigenvalue weighted by Crippen LogP contribution is -2.29. The Morgan fingerprint density at radius 3 is 2.67 bits per heavy atom. The first-order valence-electron chi connectivity index (χ1n) is 6.44. The maximum atomic E-state index is 5.34. The van der Waals surface area contributed by atoms with Crippen LogP contribution in [0.3, 0.4) is 0 Å². The first-order chi connectivity index (χ1) is 8.75. The molecule has 0 aliphatic heterocycles. The summed E-state index contributed by atoms with van der Waals surface area (Å²) in [5, 5.41) is 3.59. The highest BCUT2D eigenvalue weighted by atomic mass is 16.3. The van der Waals surface area contributed by atoms with Crippen LogP contribution in [0.1, 0.15) is 37.6 Å². The predicted molar refractivity (Wildman–Crippen MR) is 72.3 cm³/mol. The largest absolute Gasteiger partial charge is 0.469 e. The summed E-state index contributed by atoms with van der Waals surface area (Å²) in [7, 11) is 0. The van der Waals surface area contributed by atoms with Crippen LogP contribution in [-0.4, -0.2) is 11.0 Å². The molecule has 2 rings (SSSR count). The van der Waals surface area contributed by atoms with Gasteiger partial charge in [-0.25, -0.2) is 0 Å². The molecule has 1 N–H and O–H groups in total. The van der Waals surface area contributed by atoms with Crippen molar-refractivity contribution < 1.29 is 4.42 Å². The zero-order valence-corrected chi connectivity index (χ0v) is 11.0. The quantitative estimate of drug-likeness (QED) is 0.846. The standard InChI is InChI=1S/C15H20N2O/c1-12(5-6-15-4-3-11-18-15)17-13(2)14-7-9-16-10-8-14/h3-4,7-13,17H,5-6H2,1-2H3/t12?,13-/m0/s1. The average Bonchev–Trinajstić information content (AvgIpc) is 2.90. The van der Waals surface area contributed by atoms with E-state index in [1.54, 1.807) is 6.26 Å². The second-order valence-electron chi connectivity index (χ2n) is 4.69. The Morgan fingerprint density at radius 2 is 2.00 bits per heavy atom. The van der Waals surface area contributed by atoms with Gasteiger partial charge in [0.1, 0.15) is 5.76 Å². The van der Waals surface area contributed by atoms with E-state index in [2.05, 4.69) is 36.3 Å². The second-order valence-corrected chi connectivity index (χ2v) is 4.69. The first-order valence-corrected chi connectivity index (χ1v) is 6.44. The van der Waals surface area contributed by atoms with E-state index < -0.39 is 0 Å². The molecule has 0 bridgehead atoms. The van der Waals surface area contributed by atoms with Crippen LogP contribution in [0.25, 0.3) is 0 Å². The highest BCUT2D eigenvalue weighted by Crippen LogP contribution is 2.13. The average molecular weight is 244 g/mol. The van der Waals surface area contributed by atoms with Gasteiger partial charge in [0.15, 0.2) is 0 Å². The van der Waals surface area contributed by atoms with Crippen molar-refractivity contribution in [3.63, 3.8) is 0 Å². The van der Waals surface area contributed by atoms with Crippen LogP contribution in [0.5, 0.6) is 0 Å². The van der Waals surface area contributed by atoms with Crippen molar-refractivity contribution >= 4 is 0 Å². The lowest BCUT2D eigenvalue weighted by atomic mass is 10.1.